The van der Waals surface area contributed by atoms with Crippen molar-refractivity contribution >= 4 is 16.9 Å². The Morgan fingerprint density at radius 3 is 2.38 bits per heavy atom. The van der Waals surface area contributed by atoms with Crippen molar-refractivity contribution < 1.29 is 13.7 Å². The summed E-state index contributed by atoms with van der Waals surface area (Å²) in [6.07, 6.45) is 3.96. The number of amides is 1. The Bertz CT molecular complexity index is 381. The predicted octanol–water partition coefficient (Wildman–Crippen LogP) is 1.79. The van der Waals surface area contributed by atoms with Gasteiger partial charge in [0.2, 0.25) is 0 Å². The standard InChI is InChI=1S/C15H28N2O3S/c1-15(2,3)20-14(18)17-13(11-4-5-11)10-16-12-6-8-21(19)9-7-12/h11-13,16H,4-10H2,1-3H3,(H,17,18). The molecule has 1 unspecified atom stereocenters. The van der Waals surface area contributed by atoms with Gasteiger partial charge in [0.15, 0.2) is 0 Å². The molecule has 1 saturated carbocycles. The van der Waals surface area contributed by atoms with Crippen LogP contribution in [-0.4, -0.2) is 46.0 Å². The van der Waals surface area contributed by atoms with E-state index in [4.69, 9.17) is 4.74 Å². The van der Waals surface area contributed by atoms with E-state index in [-0.39, 0.29) is 12.1 Å². The molecule has 0 bridgehead atoms. The van der Waals surface area contributed by atoms with Crippen molar-refractivity contribution in [3.05, 3.63) is 0 Å². The van der Waals surface area contributed by atoms with Crippen LogP contribution in [0.25, 0.3) is 0 Å². The first-order valence-electron chi connectivity index (χ1n) is 7.91. The van der Waals surface area contributed by atoms with Crippen LogP contribution in [0.4, 0.5) is 4.79 Å². The number of nitrogens with one attached hydrogen (secondary N) is 2. The van der Waals surface area contributed by atoms with Crippen molar-refractivity contribution in [2.75, 3.05) is 18.1 Å². The molecule has 1 heterocycles. The Labute approximate surface area is 130 Å². The summed E-state index contributed by atoms with van der Waals surface area (Å²) in [5.74, 6) is 2.17. The number of carbonyl (C=O) groups excluding carboxylic acids is 1. The van der Waals surface area contributed by atoms with Crippen LogP contribution < -0.4 is 10.6 Å². The van der Waals surface area contributed by atoms with Crippen molar-refractivity contribution in [3.8, 4) is 0 Å². The first kappa shape index (κ1) is 16.7. The molecule has 2 rings (SSSR count). The minimum Gasteiger partial charge on any atom is -0.444 e. The number of carbonyl (C=O) groups is 1. The SMILES string of the molecule is CC(C)(C)OC(=O)NC(CNC1CCS(=O)CC1)C1CC1. The smallest absolute Gasteiger partial charge is 0.407 e. The quantitative estimate of drug-likeness (QED) is 0.811. The summed E-state index contributed by atoms with van der Waals surface area (Å²) in [7, 11) is -0.622. The maximum absolute atomic E-state index is 11.9. The van der Waals surface area contributed by atoms with Crippen LogP contribution in [0.5, 0.6) is 0 Å². The zero-order valence-corrected chi connectivity index (χ0v) is 14.1. The summed E-state index contributed by atoms with van der Waals surface area (Å²) >= 11 is 0. The molecule has 1 amide bonds. The van der Waals surface area contributed by atoms with E-state index >= 15 is 0 Å². The van der Waals surface area contributed by atoms with Gasteiger partial charge in [-0.05, 0) is 52.4 Å². The van der Waals surface area contributed by atoms with Gasteiger partial charge in [-0.3, -0.25) is 4.21 Å². The van der Waals surface area contributed by atoms with E-state index in [1.165, 1.54) is 12.8 Å². The average molecular weight is 316 g/mol. The molecule has 1 saturated heterocycles. The minimum atomic E-state index is -0.622. The molecule has 0 spiro atoms. The largest absolute Gasteiger partial charge is 0.444 e. The van der Waals surface area contributed by atoms with Crippen molar-refractivity contribution in [1.29, 1.82) is 0 Å². The van der Waals surface area contributed by atoms with E-state index in [2.05, 4.69) is 10.6 Å². The highest BCUT2D eigenvalue weighted by atomic mass is 32.2. The first-order chi connectivity index (χ1) is 9.83. The molecule has 21 heavy (non-hydrogen) atoms. The molecule has 0 aromatic heterocycles. The molecule has 2 fully saturated rings. The van der Waals surface area contributed by atoms with Crippen molar-refractivity contribution in [2.45, 2.75) is 64.1 Å². The maximum Gasteiger partial charge on any atom is 0.407 e. The second-order valence-corrected chi connectivity index (χ2v) is 8.82. The number of hydrogen-bond acceptors (Lipinski definition) is 4. The molecule has 2 N–H and O–H groups in total. The van der Waals surface area contributed by atoms with Crippen LogP contribution in [0.3, 0.4) is 0 Å². The van der Waals surface area contributed by atoms with Gasteiger partial charge in [-0.1, -0.05) is 0 Å². The zero-order valence-electron chi connectivity index (χ0n) is 13.3. The van der Waals surface area contributed by atoms with Gasteiger partial charge in [0, 0.05) is 40.9 Å². The van der Waals surface area contributed by atoms with E-state index in [1.54, 1.807) is 0 Å². The van der Waals surface area contributed by atoms with Crippen LogP contribution in [0, 0.1) is 5.92 Å². The number of alkyl carbamates (subject to hydrolysis) is 1. The highest BCUT2D eigenvalue weighted by Crippen LogP contribution is 2.32. The van der Waals surface area contributed by atoms with Gasteiger partial charge in [0.25, 0.3) is 0 Å². The summed E-state index contributed by atoms with van der Waals surface area (Å²) in [6.45, 7) is 6.40. The lowest BCUT2D eigenvalue weighted by Crippen LogP contribution is -2.48. The summed E-state index contributed by atoms with van der Waals surface area (Å²) in [5.41, 5.74) is -0.459. The first-order valence-corrected chi connectivity index (χ1v) is 9.40. The normalized spacial score (nSPS) is 28.0. The third kappa shape index (κ3) is 6.34. The van der Waals surface area contributed by atoms with Gasteiger partial charge in [-0.2, -0.15) is 0 Å². The Hall–Kier alpha value is -0.620. The lowest BCUT2D eigenvalue weighted by molar-refractivity contribution is 0.0496. The van der Waals surface area contributed by atoms with Crippen molar-refractivity contribution in [3.63, 3.8) is 0 Å². The molecule has 2 aliphatic rings. The fourth-order valence-electron chi connectivity index (χ4n) is 2.58. The van der Waals surface area contributed by atoms with Crippen LogP contribution in [-0.2, 0) is 15.5 Å². The molecular weight excluding hydrogens is 288 g/mol. The lowest BCUT2D eigenvalue weighted by Gasteiger charge is -2.27. The maximum atomic E-state index is 11.9. The van der Waals surface area contributed by atoms with E-state index in [0.29, 0.717) is 12.0 Å². The number of hydrogen-bond donors (Lipinski definition) is 2. The van der Waals surface area contributed by atoms with Crippen LogP contribution in [0.1, 0.15) is 46.5 Å². The number of ether oxygens (including phenoxy) is 1. The summed E-state index contributed by atoms with van der Waals surface area (Å²) < 4.78 is 16.7. The van der Waals surface area contributed by atoms with Gasteiger partial charge in [0.05, 0.1) is 0 Å². The van der Waals surface area contributed by atoms with Gasteiger partial charge in [-0.25, -0.2) is 4.79 Å². The van der Waals surface area contributed by atoms with Crippen LogP contribution >= 0.6 is 0 Å². The van der Waals surface area contributed by atoms with Crippen molar-refractivity contribution in [2.24, 2.45) is 5.92 Å². The van der Waals surface area contributed by atoms with Gasteiger partial charge >= 0.3 is 6.09 Å². The third-order valence-electron chi connectivity index (χ3n) is 3.91. The third-order valence-corrected chi connectivity index (χ3v) is 5.29. The molecule has 1 atom stereocenters. The van der Waals surface area contributed by atoms with E-state index < -0.39 is 16.4 Å². The fourth-order valence-corrected chi connectivity index (χ4v) is 3.88. The van der Waals surface area contributed by atoms with E-state index in [9.17, 15) is 9.00 Å². The molecule has 5 nitrogen and oxygen atoms in total. The summed E-state index contributed by atoms with van der Waals surface area (Å²) in [4.78, 5) is 11.9. The topological polar surface area (TPSA) is 67.4 Å². The zero-order chi connectivity index (χ0) is 15.5. The minimum absolute atomic E-state index is 0.146. The Balaban J connectivity index is 1.74. The molecule has 122 valence electrons. The molecule has 1 aliphatic carbocycles. The highest BCUT2D eigenvalue weighted by molar-refractivity contribution is 7.85. The summed E-state index contributed by atoms with van der Waals surface area (Å²) in [6, 6.07) is 0.580. The molecule has 0 aromatic rings. The van der Waals surface area contributed by atoms with Crippen LogP contribution in [0.15, 0.2) is 0 Å². The predicted molar refractivity (Wildman–Crippen MR) is 84.8 cm³/mol. The summed E-state index contributed by atoms with van der Waals surface area (Å²) in [5, 5.41) is 6.53. The second-order valence-electron chi connectivity index (χ2n) is 7.12. The fraction of sp³-hybridized carbons (Fsp3) is 0.933. The Morgan fingerprint density at radius 1 is 1.24 bits per heavy atom. The van der Waals surface area contributed by atoms with Crippen molar-refractivity contribution in [1.82, 2.24) is 10.6 Å². The van der Waals surface area contributed by atoms with E-state index in [0.717, 1.165) is 30.9 Å². The average Bonchev–Trinajstić information content (AvgIpc) is 3.18. The monoisotopic (exact) mass is 316 g/mol. The molecule has 0 radical (unpaired) electrons. The number of rotatable bonds is 5. The highest BCUT2D eigenvalue weighted by Gasteiger charge is 2.33. The van der Waals surface area contributed by atoms with Crippen LogP contribution in [0.2, 0.25) is 0 Å². The lowest BCUT2D eigenvalue weighted by atomic mass is 10.1. The second kappa shape index (κ2) is 7.09. The van der Waals surface area contributed by atoms with Gasteiger partial charge < -0.3 is 15.4 Å². The van der Waals surface area contributed by atoms with Gasteiger partial charge in [-0.15, -0.1) is 0 Å². The molecular formula is C15H28N2O3S. The van der Waals surface area contributed by atoms with E-state index in [1.807, 2.05) is 20.8 Å². The Morgan fingerprint density at radius 2 is 1.86 bits per heavy atom. The Kier molecular flexibility index (Phi) is 5.66. The van der Waals surface area contributed by atoms with Gasteiger partial charge in [0.1, 0.15) is 5.60 Å². The molecule has 0 aromatic carbocycles. The molecule has 6 heteroatoms. The molecule has 1 aliphatic heterocycles.